The van der Waals surface area contributed by atoms with E-state index in [4.69, 9.17) is 4.74 Å². The lowest BCUT2D eigenvalue weighted by Gasteiger charge is -2.30. The molecule has 5 nitrogen and oxygen atoms in total. The summed E-state index contributed by atoms with van der Waals surface area (Å²) in [5.41, 5.74) is 0.944. The van der Waals surface area contributed by atoms with Crippen LogP contribution < -0.4 is 0 Å². The number of esters is 1. The highest BCUT2D eigenvalue weighted by Gasteiger charge is 2.32. The number of piperidine rings is 1. The summed E-state index contributed by atoms with van der Waals surface area (Å²) in [6, 6.07) is 17.9. The highest BCUT2D eigenvalue weighted by Crippen LogP contribution is 2.24. The first kappa shape index (κ1) is 17.6. The van der Waals surface area contributed by atoms with Crippen LogP contribution in [-0.2, 0) is 26.2 Å². The van der Waals surface area contributed by atoms with Crippen molar-refractivity contribution in [3.05, 3.63) is 66.2 Å². The van der Waals surface area contributed by atoms with Crippen LogP contribution >= 0.6 is 0 Å². The fraction of sp³-hybridized carbons (Fsp3) is 0.316. The van der Waals surface area contributed by atoms with Crippen molar-refractivity contribution >= 4 is 16.0 Å². The van der Waals surface area contributed by atoms with Crippen LogP contribution in [0.3, 0.4) is 0 Å². The van der Waals surface area contributed by atoms with E-state index in [-0.39, 0.29) is 18.5 Å². The molecule has 3 rings (SSSR count). The van der Waals surface area contributed by atoms with Crippen LogP contribution in [0.4, 0.5) is 0 Å². The lowest BCUT2D eigenvalue weighted by atomic mass is 9.98. The maximum Gasteiger partial charge on any atom is 0.309 e. The number of benzene rings is 2. The lowest BCUT2D eigenvalue weighted by molar-refractivity contribution is -0.151. The molecule has 25 heavy (non-hydrogen) atoms. The second-order valence-corrected chi connectivity index (χ2v) is 8.02. The molecule has 132 valence electrons. The number of carbonyl (C=O) groups is 1. The highest BCUT2D eigenvalue weighted by molar-refractivity contribution is 7.89. The third kappa shape index (κ3) is 4.27. The normalized spacial score (nSPS) is 16.5. The Balaban J connectivity index is 1.54. The maximum absolute atomic E-state index is 12.6. The predicted octanol–water partition coefficient (Wildman–Crippen LogP) is 2.83. The van der Waals surface area contributed by atoms with Gasteiger partial charge in [-0.1, -0.05) is 48.5 Å². The summed E-state index contributed by atoms with van der Waals surface area (Å²) < 4.78 is 32.0. The molecule has 0 spiro atoms. The fourth-order valence-corrected chi connectivity index (χ4v) is 4.41. The molecule has 0 aliphatic carbocycles. The van der Waals surface area contributed by atoms with Gasteiger partial charge in [-0.15, -0.1) is 0 Å². The van der Waals surface area contributed by atoms with Gasteiger partial charge in [0.2, 0.25) is 10.0 Å². The predicted molar refractivity (Wildman–Crippen MR) is 94.2 cm³/mol. The second kappa shape index (κ2) is 7.80. The number of carbonyl (C=O) groups excluding carboxylic acids is 1. The minimum absolute atomic E-state index is 0.245. The molecule has 0 aromatic heterocycles. The summed E-state index contributed by atoms with van der Waals surface area (Å²) in [4.78, 5) is 12.5. The van der Waals surface area contributed by atoms with Crippen molar-refractivity contribution < 1.29 is 17.9 Å². The number of ether oxygens (including phenoxy) is 1. The molecule has 1 heterocycles. The molecule has 1 saturated heterocycles. The van der Waals surface area contributed by atoms with Gasteiger partial charge in [0, 0.05) is 13.1 Å². The first-order chi connectivity index (χ1) is 12.1. The largest absolute Gasteiger partial charge is 0.461 e. The van der Waals surface area contributed by atoms with Crippen molar-refractivity contribution in [1.82, 2.24) is 4.31 Å². The van der Waals surface area contributed by atoms with Crippen molar-refractivity contribution in [2.75, 3.05) is 13.1 Å². The van der Waals surface area contributed by atoms with Crippen LogP contribution in [0.1, 0.15) is 18.4 Å². The zero-order valence-electron chi connectivity index (χ0n) is 13.9. The third-order valence-electron chi connectivity index (χ3n) is 4.39. The van der Waals surface area contributed by atoms with E-state index in [1.165, 1.54) is 4.31 Å². The minimum atomic E-state index is -3.49. The molecule has 0 atom stereocenters. The smallest absolute Gasteiger partial charge is 0.309 e. The molecule has 6 heteroatoms. The van der Waals surface area contributed by atoms with Crippen LogP contribution in [0.15, 0.2) is 65.6 Å². The monoisotopic (exact) mass is 359 g/mol. The van der Waals surface area contributed by atoms with Crippen molar-refractivity contribution in [3.63, 3.8) is 0 Å². The Morgan fingerprint density at radius 3 is 2.12 bits per heavy atom. The molecule has 2 aromatic rings. The van der Waals surface area contributed by atoms with E-state index in [0.29, 0.717) is 30.8 Å². The zero-order chi connectivity index (χ0) is 17.7. The molecular weight excluding hydrogens is 338 g/mol. The van der Waals surface area contributed by atoms with E-state index in [1.54, 1.807) is 30.3 Å². The van der Waals surface area contributed by atoms with E-state index in [0.717, 1.165) is 5.56 Å². The van der Waals surface area contributed by atoms with E-state index in [2.05, 4.69) is 0 Å². The van der Waals surface area contributed by atoms with Gasteiger partial charge in [0.15, 0.2) is 0 Å². The Morgan fingerprint density at radius 2 is 1.52 bits per heavy atom. The molecule has 2 aromatic carbocycles. The van der Waals surface area contributed by atoms with Gasteiger partial charge in [-0.3, -0.25) is 4.79 Å². The van der Waals surface area contributed by atoms with Crippen LogP contribution in [0.2, 0.25) is 0 Å². The van der Waals surface area contributed by atoms with Crippen LogP contribution in [0.5, 0.6) is 0 Å². The Kier molecular flexibility index (Phi) is 5.50. The molecule has 0 saturated carbocycles. The number of nitrogens with zero attached hydrogens (tertiary/aromatic N) is 1. The third-order valence-corrected chi connectivity index (χ3v) is 6.31. The molecule has 0 N–H and O–H groups in total. The summed E-state index contributed by atoms with van der Waals surface area (Å²) in [6.07, 6.45) is 0.972. The van der Waals surface area contributed by atoms with Crippen molar-refractivity contribution in [1.29, 1.82) is 0 Å². The van der Waals surface area contributed by atoms with E-state index in [1.807, 2.05) is 30.3 Å². The van der Waals surface area contributed by atoms with Crippen molar-refractivity contribution in [2.45, 2.75) is 24.3 Å². The molecule has 0 bridgehead atoms. The van der Waals surface area contributed by atoms with Gasteiger partial charge in [0.25, 0.3) is 0 Å². The molecular formula is C19H21NO4S. The van der Waals surface area contributed by atoms with Gasteiger partial charge in [-0.2, -0.15) is 4.31 Å². The van der Waals surface area contributed by atoms with Gasteiger partial charge in [-0.05, 0) is 30.5 Å². The Labute approximate surface area is 148 Å². The Morgan fingerprint density at radius 1 is 0.960 bits per heavy atom. The van der Waals surface area contributed by atoms with E-state index >= 15 is 0 Å². The summed E-state index contributed by atoms with van der Waals surface area (Å²) in [6.45, 7) is 0.923. The lowest BCUT2D eigenvalue weighted by Crippen LogP contribution is -2.40. The molecule has 0 unspecified atom stereocenters. The first-order valence-electron chi connectivity index (χ1n) is 8.33. The molecule has 1 aliphatic heterocycles. The van der Waals surface area contributed by atoms with Gasteiger partial charge >= 0.3 is 5.97 Å². The van der Waals surface area contributed by atoms with Gasteiger partial charge in [-0.25, -0.2) is 8.42 Å². The molecule has 1 aliphatic rings. The second-order valence-electron chi connectivity index (χ2n) is 6.08. The average Bonchev–Trinajstić information content (AvgIpc) is 2.68. The van der Waals surface area contributed by atoms with E-state index < -0.39 is 10.0 Å². The highest BCUT2D eigenvalue weighted by atomic mass is 32.2. The number of hydrogen-bond acceptors (Lipinski definition) is 4. The average molecular weight is 359 g/mol. The number of rotatable bonds is 5. The maximum atomic E-state index is 12.6. The standard InChI is InChI=1S/C19H21NO4S/c21-19(24-15-16-7-3-1-4-8-16)17-11-13-20(14-12-17)25(22,23)18-9-5-2-6-10-18/h1-10,17H,11-15H2. The molecule has 0 radical (unpaired) electrons. The topological polar surface area (TPSA) is 63.7 Å². The molecule has 1 fully saturated rings. The van der Waals surface area contributed by atoms with Gasteiger partial charge in [0.1, 0.15) is 6.61 Å². The van der Waals surface area contributed by atoms with Crippen LogP contribution in [-0.4, -0.2) is 31.8 Å². The first-order valence-corrected chi connectivity index (χ1v) is 9.77. The Hall–Kier alpha value is -2.18. The SMILES string of the molecule is O=C(OCc1ccccc1)C1CCN(S(=O)(=O)c2ccccc2)CC1. The minimum Gasteiger partial charge on any atom is -0.461 e. The summed E-state index contributed by atoms with van der Waals surface area (Å²) >= 11 is 0. The van der Waals surface area contributed by atoms with Gasteiger partial charge in [0.05, 0.1) is 10.8 Å². The summed E-state index contributed by atoms with van der Waals surface area (Å²) in [5, 5.41) is 0. The zero-order valence-corrected chi connectivity index (χ0v) is 14.7. The molecule has 0 amide bonds. The van der Waals surface area contributed by atoms with Crippen LogP contribution in [0.25, 0.3) is 0 Å². The van der Waals surface area contributed by atoms with Crippen LogP contribution in [0, 0.1) is 5.92 Å². The van der Waals surface area contributed by atoms with E-state index in [9.17, 15) is 13.2 Å². The summed E-state index contributed by atoms with van der Waals surface area (Å²) in [5.74, 6) is -0.494. The number of sulfonamides is 1. The fourth-order valence-electron chi connectivity index (χ4n) is 2.92. The van der Waals surface area contributed by atoms with Crippen molar-refractivity contribution in [3.8, 4) is 0 Å². The Bertz CT molecular complexity index is 798. The number of hydrogen-bond donors (Lipinski definition) is 0. The van der Waals surface area contributed by atoms with Crippen molar-refractivity contribution in [2.24, 2.45) is 5.92 Å². The van der Waals surface area contributed by atoms with Gasteiger partial charge < -0.3 is 4.74 Å². The summed E-state index contributed by atoms with van der Waals surface area (Å²) in [7, 11) is -3.49. The quantitative estimate of drug-likeness (QED) is 0.770.